The van der Waals surface area contributed by atoms with Crippen molar-refractivity contribution in [3.8, 4) is 0 Å². The summed E-state index contributed by atoms with van der Waals surface area (Å²) >= 11 is 0. The first kappa shape index (κ1) is 13.2. The average molecular weight is 254 g/mol. The standard InChI is InChI=1S/C13H22N2O3/c14-11(16)13(10-6-2-1-3-7-10)8-4-5-9-15(13)12(17)18/h10H,1-9H2,(H2,14,16)(H,17,18). The number of hydrogen-bond donors (Lipinski definition) is 2. The van der Waals surface area contributed by atoms with E-state index in [0.29, 0.717) is 13.0 Å². The zero-order valence-electron chi connectivity index (χ0n) is 10.7. The number of primary amides is 1. The number of amides is 2. The lowest BCUT2D eigenvalue weighted by Gasteiger charge is -2.49. The molecule has 1 aliphatic heterocycles. The molecule has 1 saturated carbocycles. The van der Waals surface area contributed by atoms with Crippen LogP contribution in [0.3, 0.4) is 0 Å². The van der Waals surface area contributed by atoms with Gasteiger partial charge < -0.3 is 10.8 Å². The van der Waals surface area contributed by atoms with E-state index in [4.69, 9.17) is 5.73 Å². The van der Waals surface area contributed by atoms with Gasteiger partial charge in [0.25, 0.3) is 0 Å². The number of likely N-dealkylation sites (tertiary alicyclic amines) is 1. The second kappa shape index (κ2) is 5.16. The van der Waals surface area contributed by atoms with Crippen molar-refractivity contribution in [2.45, 2.75) is 56.9 Å². The van der Waals surface area contributed by atoms with E-state index in [1.165, 1.54) is 11.3 Å². The Morgan fingerprint density at radius 2 is 1.78 bits per heavy atom. The van der Waals surface area contributed by atoms with E-state index < -0.39 is 17.5 Å². The average Bonchev–Trinajstić information content (AvgIpc) is 2.39. The van der Waals surface area contributed by atoms with E-state index in [1.54, 1.807) is 0 Å². The summed E-state index contributed by atoms with van der Waals surface area (Å²) in [6.07, 6.45) is 6.49. The van der Waals surface area contributed by atoms with Crippen LogP contribution < -0.4 is 5.73 Å². The first-order valence-electron chi connectivity index (χ1n) is 6.89. The molecule has 0 spiro atoms. The molecule has 3 N–H and O–H groups in total. The van der Waals surface area contributed by atoms with Crippen LogP contribution in [-0.2, 0) is 4.79 Å². The third-order valence-electron chi connectivity index (χ3n) is 4.61. The Balaban J connectivity index is 2.32. The highest BCUT2D eigenvalue weighted by molar-refractivity contribution is 5.89. The topological polar surface area (TPSA) is 83.6 Å². The van der Waals surface area contributed by atoms with Crippen LogP contribution >= 0.6 is 0 Å². The lowest BCUT2D eigenvalue weighted by molar-refractivity contribution is -0.136. The van der Waals surface area contributed by atoms with Crippen LogP contribution in [0.15, 0.2) is 0 Å². The van der Waals surface area contributed by atoms with Crippen LogP contribution in [0.4, 0.5) is 4.79 Å². The number of nitrogens with two attached hydrogens (primary N) is 1. The van der Waals surface area contributed by atoms with Gasteiger partial charge in [-0.25, -0.2) is 4.79 Å². The molecule has 0 radical (unpaired) electrons. The minimum absolute atomic E-state index is 0.111. The third-order valence-corrected chi connectivity index (χ3v) is 4.61. The van der Waals surface area contributed by atoms with Gasteiger partial charge in [0.05, 0.1) is 0 Å². The van der Waals surface area contributed by atoms with Crippen LogP contribution in [0.1, 0.15) is 51.4 Å². The molecule has 5 nitrogen and oxygen atoms in total. The predicted molar refractivity (Wildman–Crippen MR) is 67.1 cm³/mol. The monoisotopic (exact) mass is 254 g/mol. The molecule has 1 saturated heterocycles. The second-order valence-electron chi connectivity index (χ2n) is 5.51. The Labute approximate surface area is 107 Å². The Hall–Kier alpha value is -1.26. The molecule has 102 valence electrons. The molecule has 2 aliphatic rings. The second-order valence-corrected chi connectivity index (χ2v) is 5.51. The minimum atomic E-state index is -1.00. The van der Waals surface area contributed by atoms with Crippen molar-refractivity contribution in [1.29, 1.82) is 0 Å². The van der Waals surface area contributed by atoms with Crippen molar-refractivity contribution in [3.05, 3.63) is 0 Å². The first-order chi connectivity index (χ1) is 8.59. The van der Waals surface area contributed by atoms with Crippen LogP contribution in [0.2, 0.25) is 0 Å². The number of carbonyl (C=O) groups is 2. The number of rotatable bonds is 2. The molecular formula is C13H22N2O3. The maximum Gasteiger partial charge on any atom is 0.408 e. The third kappa shape index (κ3) is 2.06. The van der Waals surface area contributed by atoms with Crippen LogP contribution in [0, 0.1) is 5.92 Å². The van der Waals surface area contributed by atoms with Gasteiger partial charge in [0.1, 0.15) is 5.54 Å². The largest absolute Gasteiger partial charge is 0.465 e. The van der Waals surface area contributed by atoms with Crippen molar-refractivity contribution in [3.63, 3.8) is 0 Å². The Kier molecular flexibility index (Phi) is 3.78. The molecule has 18 heavy (non-hydrogen) atoms. The summed E-state index contributed by atoms with van der Waals surface area (Å²) in [6.45, 7) is 0.439. The van der Waals surface area contributed by atoms with Gasteiger partial charge in [0.2, 0.25) is 5.91 Å². The molecule has 2 rings (SSSR count). The molecule has 1 unspecified atom stereocenters. The molecular weight excluding hydrogens is 232 g/mol. The highest BCUT2D eigenvalue weighted by Crippen LogP contribution is 2.42. The van der Waals surface area contributed by atoms with Gasteiger partial charge in [-0.15, -0.1) is 0 Å². The van der Waals surface area contributed by atoms with Crippen LogP contribution in [0.5, 0.6) is 0 Å². The molecule has 0 bridgehead atoms. The normalized spacial score (nSPS) is 30.1. The van der Waals surface area contributed by atoms with Crippen molar-refractivity contribution in [2.24, 2.45) is 11.7 Å². The molecule has 1 heterocycles. The molecule has 0 aromatic carbocycles. The number of nitrogens with zero attached hydrogens (tertiary/aromatic N) is 1. The smallest absolute Gasteiger partial charge is 0.408 e. The van der Waals surface area contributed by atoms with Gasteiger partial charge in [-0.1, -0.05) is 19.3 Å². The Morgan fingerprint density at radius 3 is 2.33 bits per heavy atom. The van der Waals surface area contributed by atoms with Gasteiger partial charge in [0.15, 0.2) is 0 Å². The molecule has 2 fully saturated rings. The van der Waals surface area contributed by atoms with E-state index in [0.717, 1.165) is 38.5 Å². The van der Waals surface area contributed by atoms with Crippen molar-refractivity contribution < 1.29 is 14.7 Å². The summed E-state index contributed by atoms with van der Waals surface area (Å²) in [7, 11) is 0. The number of hydrogen-bond acceptors (Lipinski definition) is 2. The summed E-state index contributed by atoms with van der Waals surface area (Å²) in [5, 5.41) is 9.37. The van der Waals surface area contributed by atoms with Gasteiger partial charge >= 0.3 is 6.09 Å². The highest BCUT2D eigenvalue weighted by Gasteiger charge is 2.52. The Morgan fingerprint density at radius 1 is 1.11 bits per heavy atom. The van der Waals surface area contributed by atoms with E-state index >= 15 is 0 Å². The lowest BCUT2D eigenvalue weighted by atomic mass is 9.69. The maximum atomic E-state index is 12.0. The van der Waals surface area contributed by atoms with E-state index in [2.05, 4.69) is 0 Å². The summed E-state index contributed by atoms with van der Waals surface area (Å²) < 4.78 is 0. The Bertz CT molecular complexity index is 339. The van der Waals surface area contributed by atoms with Gasteiger partial charge in [0, 0.05) is 6.54 Å². The minimum Gasteiger partial charge on any atom is -0.465 e. The van der Waals surface area contributed by atoms with E-state index in [-0.39, 0.29) is 5.92 Å². The van der Waals surface area contributed by atoms with Gasteiger partial charge in [-0.2, -0.15) is 0 Å². The first-order valence-corrected chi connectivity index (χ1v) is 6.89. The molecule has 0 aromatic heterocycles. The summed E-state index contributed by atoms with van der Waals surface area (Å²) in [6, 6.07) is 0. The molecule has 1 atom stereocenters. The number of carbonyl (C=O) groups excluding carboxylic acids is 1. The quantitative estimate of drug-likeness (QED) is 0.790. The fraction of sp³-hybridized carbons (Fsp3) is 0.846. The number of piperidine rings is 1. The van der Waals surface area contributed by atoms with Crippen molar-refractivity contribution in [1.82, 2.24) is 4.90 Å². The summed E-state index contributed by atoms with van der Waals surface area (Å²) in [4.78, 5) is 24.8. The SMILES string of the molecule is NC(=O)C1(C2CCCCC2)CCCCN1C(=O)O. The molecule has 2 amide bonds. The van der Waals surface area contributed by atoms with Crippen LogP contribution in [0.25, 0.3) is 0 Å². The van der Waals surface area contributed by atoms with Gasteiger partial charge in [-0.3, -0.25) is 9.69 Å². The molecule has 5 heteroatoms. The maximum absolute atomic E-state index is 12.0. The van der Waals surface area contributed by atoms with E-state index in [9.17, 15) is 14.7 Å². The van der Waals surface area contributed by atoms with Crippen molar-refractivity contribution in [2.75, 3.05) is 6.54 Å². The van der Waals surface area contributed by atoms with Gasteiger partial charge in [-0.05, 0) is 38.0 Å². The van der Waals surface area contributed by atoms with Crippen LogP contribution in [-0.4, -0.2) is 34.1 Å². The summed E-state index contributed by atoms with van der Waals surface area (Å²) in [5.41, 5.74) is 4.68. The highest BCUT2D eigenvalue weighted by atomic mass is 16.4. The fourth-order valence-electron chi connectivity index (χ4n) is 3.73. The summed E-state index contributed by atoms with van der Waals surface area (Å²) in [5.74, 6) is -0.336. The predicted octanol–water partition coefficient (Wildman–Crippen LogP) is 1.95. The van der Waals surface area contributed by atoms with E-state index in [1.807, 2.05) is 0 Å². The molecule has 0 aromatic rings. The fourth-order valence-corrected chi connectivity index (χ4v) is 3.73. The zero-order chi connectivity index (χ0) is 13.2. The molecule has 1 aliphatic carbocycles. The van der Waals surface area contributed by atoms with Crippen molar-refractivity contribution >= 4 is 12.0 Å². The zero-order valence-corrected chi connectivity index (χ0v) is 10.7. The lowest BCUT2D eigenvalue weighted by Crippen LogP contribution is -2.65. The number of carboxylic acid groups (broad SMARTS) is 1.